The third-order valence-corrected chi connectivity index (χ3v) is 5.29. The van der Waals surface area contributed by atoms with Crippen molar-refractivity contribution in [3.8, 4) is 22.8 Å². The van der Waals surface area contributed by atoms with Gasteiger partial charge in [-0.2, -0.15) is 0 Å². The molecule has 0 aliphatic carbocycles. The SMILES string of the molecule is O=c1cc(-c2ccccc2Cl)oc2c([C@@H]3CCNC[C@@H]3O)c(O)cc(O)c12. The zero-order valence-electron chi connectivity index (χ0n) is 14.3. The number of hydrogen-bond acceptors (Lipinski definition) is 6. The van der Waals surface area contributed by atoms with E-state index in [9.17, 15) is 20.1 Å². The average molecular weight is 388 g/mol. The maximum absolute atomic E-state index is 12.7. The molecule has 2 atom stereocenters. The van der Waals surface area contributed by atoms with Crippen LogP contribution in [-0.2, 0) is 0 Å². The zero-order valence-corrected chi connectivity index (χ0v) is 15.0. The molecule has 1 aliphatic heterocycles. The molecule has 0 amide bonds. The first-order valence-corrected chi connectivity index (χ1v) is 9.01. The number of benzene rings is 2. The van der Waals surface area contributed by atoms with Crippen molar-refractivity contribution >= 4 is 22.6 Å². The molecule has 4 N–H and O–H groups in total. The summed E-state index contributed by atoms with van der Waals surface area (Å²) in [5, 5.41) is 34.6. The van der Waals surface area contributed by atoms with Crippen LogP contribution in [0.15, 0.2) is 45.6 Å². The summed E-state index contributed by atoms with van der Waals surface area (Å²) < 4.78 is 5.97. The quantitative estimate of drug-likeness (QED) is 0.539. The Balaban J connectivity index is 2.03. The van der Waals surface area contributed by atoms with E-state index in [1.165, 1.54) is 6.07 Å². The summed E-state index contributed by atoms with van der Waals surface area (Å²) >= 11 is 6.23. The predicted molar refractivity (Wildman–Crippen MR) is 102 cm³/mol. The summed E-state index contributed by atoms with van der Waals surface area (Å²) in [6.45, 7) is 1.01. The van der Waals surface area contributed by atoms with Gasteiger partial charge in [0.05, 0.1) is 11.1 Å². The smallest absolute Gasteiger partial charge is 0.197 e. The molecule has 140 valence electrons. The normalized spacial score (nSPS) is 20.1. The van der Waals surface area contributed by atoms with Gasteiger partial charge in [0.15, 0.2) is 5.43 Å². The minimum atomic E-state index is -0.758. The molecular formula is C20H18ClNO5. The Morgan fingerprint density at radius 1 is 1.15 bits per heavy atom. The fourth-order valence-electron chi connectivity index (χ4n) is 3.65. The summed E-state index contributed by atoms with van der Waals surface area (Å²) in [7, 11) is 0. The molecule has 0 spiro atoms. The van der Waals surface area contributed by atoms with Crippen molar-refractivity contribution in [3.05, 3.63) is 57.2 Å². The summed E-state index contributed by atoms with van der Waals surface area (Å²) in [6.07, 6.45) is -0.207. The number of fused-ring (bicyclic) bond motifs is 1. The fourth-order valence-corrected chi connectivity index (χ4v) is 3.88. The number of phenolic OH excluding ortho intramolecular Hbond substituents is 2. The maximum atomic E-state index is 12.7. The molecule has 0 bridgehead atoms. The molecule has 1 saturated heterocycles. The lowest BCUT2D eigenvalue weighted by atomic mass is 9.86. The van der Waals surface area contributed by atoms with Gasteiger partial charge in [0.2, 0.25) is 0 Å². The van der Waals surface area contributed by atoms with E-state index in [-0.39, 0.29) is 28.2 Å². The number of phenols is 2. The van der Waals surface area contributed by atoms with Gasteiger partial charge in [0.1, 0.15) is 28.2 Å². The second-order valence-electron chi connectivity index (χ2n) is 6.65. The zero-order chi connectivity index (χ0) is 19.1. The number of piperidine rings is 1. The molecule has 0 radical (unpaired) electrons. The maximum Gasteiger partial charge on any atom is 0.197 e. The lowest BCUT2D eigenvalue weighted by Crippen LogP contribution is -2.39. The molecule has 1 aliphatic rings. The molecular weight excluding hydrogens is 370 g/mol. The first-order valence-electron chi connectivity index (χ1n) is 8.63. The second kappa shape index (κ2) is 6.88. The highest BCUT2D eigenvalue weighted by Gasteiger charge is 2.31. The van der Waals surface area contributed by atoms with Gasteiger partial charge < -0.3 is 25.1 Å². The average Bonchev–Trinajstić information content (AvgIpc) is 2.63. The van der Waals surface area contributed by atoms with Crippen LogP contribution < -0.4 is 10.7 Å². The molecule has 0 saturated carbocycles. The van der Waals surface area contributed by atoms with Crippen molar-refractivity contribution in [3.63, 3.8) is 0 Å². The van der Waals surface area contributed by atoms with Gasteiger partial charge in [0, 0.05) is 35.7 Å². The predicted octanol–water partition coefficient (Wildman–Crippen LogP) is 2.96. The van der Waals surface area contributed by atoms with Crippen LogP contribution in [0.3, 0.4) is 0 Å². The number of aromatic hydroxyl groups is 2. The largest absolute Gasteiger partial charge is 0.507 e. The highest BCUT2D eigenvalue weighted by molar-refractivity contribution is 6.33. The summed E-state index contributed by atoms with van der Waals surface area (Å²) in [5.41, 5.74) is 0.467. The lowest BCUT2D eigenvalue weighted by Gasteiger charge is -2.29. The molecule has 2 aromatic carbocycles. The first-order chi connectivity index (χ1) is 13.0. The van der Waals surface area contributed by atoms with Crippen molar-refractivity contribution in [1.82, 2.24) is 5.32 Å². The standard InChI is InChI=1S/C20H18ClNO5/c21-12-4-2-1-3-10(12)17-8-15(25)19-14(24)7-13(23)18(20(19)27-17)11-5-6-22-9-16(11)26/h1-4,7-8,11,16,22-24,26H,5-6,9H2/t11-,16+/m1/s1. The van der Waals surface area contributed by atoms with Gasteiger partial charge in [-0.05, 0) is 25.1 Å². The number of aliphatic hydroxyl groups excluding tert-OH is 1. The van der Waals surface area contributed by atoms with Crippen LogP contribution in [0.5, 0.6) is 11.5 Å². The Hall–Kier alpha value is -2.54. The summed E-state index contributed by atoms with van der Waals surface area (Å²) in [4.78, 5) is 12.7. The molecule has 7 heteroatoms. The van der Waals surface area contributed by atoms with Gasteiger partial charge in [-0.1, -0.05) is 23.7 Å². The number of aliphatic hydroxyl groups is 1. The number of rotatable bonds is 2. The van der Waals surface area contributed by atoms with Gasteiger partial charge in [-0.25, -0.2) is 0 Å². The molecule has 3 aromatic rings. The first kappa shape index (κ1) is 17.9. The molecule has 6 nitrogen and oxygen atoms in total. The number of nitrogens with one attached hydrogen (secondary N) is 1. The molecule has 2 heterocycles. The highest BCUT2D eigenvalue weighted by atomic mass is 35.5. The van der Waals surface area contributed by atoms with Gasteiger partial charge >= 0.3 is 0 Å². The summed E-state index contributed by atoms with van der Waals surface area (Å²) in [6, 6.07) is 9.32. The van der Waals surface area contributed by atoms with Crippen LogP contribution in [-0.4, -0.2) is 34.5 Å². The van der Waals surface area contributed by atoms with E-state index in [4.69, 9.17) is 16.0 Å². The topological polar surface area (TPSA) is 103 Å². The van der Waals surface area contributed by atoms with E-state index in [2.05, 4.69) is 5.32 Å². The molecule has 4 rings (SSSR count). The summed E-state index contributed by atoms with van der Waals surface area (Å²) in [5.74, 6) is -0.786. The van der Waals surface area contributed by atoms with Gasteiger partial charge in [-0.3, -0.25) is 4.79 Å². The van der Waals surface area contributed by atoms with E-state index in [0.717, 1.165) is 6.07 Å². The Morgan fingerprint density at radius 3 is 2.67 bits per heavy atom. The lowest BCUT2D eigenvalue weighted by molar-refractivity contribution is 0.117. The van der Waals surface area contributed by atoms with E-state index >= 15 is 0 Å². The van der Waals surface area contributed by atoms with E-state index in [1.807, 2.05) is 0 Å². The Morgan fingerprint density at radius 2 is 1.93 bits per heavy atom. The minimum Gasteiger partial charge on any atom is -0.507 e. The molecule has 1 fully saturated rings. The van der Waals surface area contributed by atoms with E-state index in [1.54, 1.807) is 24.3 Å². The highest BCUT2D eigenvalue weighted by Crippen LogP contribution is 2.42. The fraction of sp³-hybridized carbons (Fsp3) is 0.250. The van der Waals surface area contributed by atoms with Crippen LogP contribution in [0.2, 0.25) is 5.02 Å². The second-order valence-corrected chi connectivity index (χ2v) is 7.06. The third kappa shape index (κ3) is 3.06. The van der Waals surface area contributed by atoms with Gasteiger partial charge in [-0.15, -0.1) is 0 Å². The van der Waals surface area contributed by atoms with Crippen LogP contribution in [0.25, 0.3) is 22.3 Å². The molecule has 0 unspecified atom stereocenters. The van der Waals surface area contributed by atoms with Crippen molar-refractivity contribution in [2.75, 3.05) is 13.1 Å². The van der Waals surface area contributed by atoms with Crippen LogP contribution in [0.4, 0.5) is 0 Å². The van der Waals surface area contributed by atoms with E-state index < -0.39 is 17.5 Å². The van der Waals surface area contributed by atoms with Crippen LogP contribution >= 0.6 is 11.6 Å². The number of halogens is 1. The van der Waals surface area contributed by atoms with Crippen molar-refractivity contribution in [2.24, 2.45) is 0 Å². The monoisotopic (exact) mass is 387 g/mol. The number of hydrogen-bond donors (Lipinski definition) is 4. The van der Waals surface area contributed by atoms with Crippen LogP contribution in [0.1, 0.15) is 17.9 Å². The Kier molecular flexibility index (Phi) is 4.55. The Bertz CT molecular complexity index is 1080. The number of β-amino-alcohol motifs (C(OH)–C–C–N with tert-alkyl or cyclic N) is 1. The third-order valence-electron chi connectivity index (χ3n) is 4.96. The Labute approximate surface area is 159 Å². The van der Waals surface area contributed by atoms with Crippen molar-refractivity contribution < 1.29 is 19.7 Å². The van der Waals surface area contributed by atoms with Crippen LogP contribution in [0, 0.1) is 0 Å². The molecule has 1 aromatic heterocycles. The minimum absolute atomic E-state index is 0.0238. The van der Waals surface area contributed by atoms with Crippen molar-refractivity contribution in [1.29, 1.82) is 0 Å². The molecule has 27 heavy (non-hydrogen) atoms. The van der Waals surface area contributed by atoms with E-state index in [0.29, 0.717) is 35.7 Å². The van der Waals surface area contributed by atoms with Gasteiger partial charge in [0.25, 0.3) is 0 Å². The van der Waals surface area contributed by atoms with Crippen molar-refractivity contribution in [2.45, 2.75) is 18.4 Å².